The first-order valence-corrected chi connectivity index (χ1v) is 9.23. The van der Waals surface area contributed by atoms with Gasteiger partial charge < -0.3 is 11.1 Å². The molecule has 1 amide bonds. The van der Waals surface area contributed by atoms with Gasteiger partial charge in [-0.15, -0.1) is 0 Å². The van der Waals surface area contributed by atoms with Crippen molar-refractivity contribution in [2.75, 3.05) is 21.9 Å². The van der Waals surface area contributed by atoms with Gasteiger partial charge in [-0.1, -0.05) is 20.3 Å². The molecule has 2 rings (SSSR count). The molecule has 6 nitrogen and oxygen atoms in total. The van der Waals surface area contributed by atoms with Crippen LogP contribution < -0.4 is 15.4 Å². The molecule has 0 bridgehead atoms. The number of hydrogen-bond acceptors (Lipinski definition) is 4. The van der Waals surface area contributed by atoms with Gasteiger partial charge in [0, 0.05) is 12.2 Å². The standard InChI is InChI=1S/C15H22FN3O3S/c1-3-10(2)14(17)15(20)18-11-5-6-12(16)13(9-11)19-7-4-8-23(19,21)22/h5-6,9-10,14H,3-4,7-8,17H2,1-2H3,(H,18,20). The summed E-state index contributed by atoms with van der Waals surface area (Å²) < 4.78 is 38.9. The van der Waals surface area contributed by atoms with Crippen LogP contribution in [0.1, 0.15) is 26.7 Å². The van der Waals surface area contributed by atoms with Crippen LogP contribution in [0.3, 0.4) is 0 Å². The fraction of sp³-hybridized carbons (Fsp3) is 0.533. The summed E-state index contributed by atoms with van der Waals surface area (Å²) in [6.07, 6.45) is 1.21. The van der Waals surface area contributed by atoms with E-state index in [4.69, 9.17) is 5.73 Å². The number of amides is 1. The molecule has 1 aromatic rings. The van der Waals surface area contributed by atoms with E-state index in [9.17, 15) is 17.6 Å². The molecule has 3 N–H and O–H groups in total. The number of hydrogen-bond donors (Lipinski definition) is 2. The summed E-state index contributed by atoms with van der Waals surface area (Å²) in [6.45, 7) is 4.05. The minimum atomic E-state index is -3.49. The third kappa shape index (κ3) is 3.81. The SMILES string of the molecule is CCC(C)C(N)C(=O)Nc1ccc(F)c(N2CCCS2(=O)=O)c1. The van der Waals surface area contributed by atoms with Gasteiger partial charge in [-0.3, -0.25) is 9.10 Å². The zero-order valence-corrected chi connectivity index (χ0v) is 14.1. The number of nitrogens with two attached hydrogens (primary N) is 1. The third-order valence-corrected chi connectivity index (χ3v) is 6.00. The molecule has 2 unspecified atom stereocenters. The van der Waals surface area contributed by atoms with Gasteiger partial charge in [-0.25, -0.2) is 12.8 Å². The maximum atomic E-state index is 14.0. The second kappa shape index (κ2) is 6.84. The van der Waals surface area contributed by atoms with Crippen molar-refractivity contribution < 1.29 is 17.6 Å². The van der Waals surface area contributed by atoms with E-state index in [2.05, 4.69) is 5.32 Å². The maximum absolute atomic E-state index is 14.0. The van der Waals surface area contributed by atoms with Crippen LogP contribution in [-0.2, 0) is 14.8 Å². The Balaban J connectivity index is 2.23. The lowest BCUT2D eigenvalue weighted by molar-refractivity contribution is -0.118. The molecular formula is C15H22FN3O3S. The zero-order chi connectivity index (χ0) is 17.2. The Labute approximate surface area is 135 Å². The Bertz CT molecular complexity index is 693. The summed E-state index contributed by atoms with van der Waals surface area (Å²) in [6, 6.07) is 3.19. The number of rotatable bonds is 5. The van der Waals surface area contributed by atoms with E-state index in [0.717, 1.165) is 16.8 Å². The highest BCUT2D eigenvalue weighted by Crippen LogP contribution is 2.29. The Morgan fingerprint density at radius 3 is 2.74 bits per heavy atom. The third-order valence-electron chi connectivity index (χ3n) is 4.14. The molecule has 0 saturated carbocycles. The Hall–Kier alpha value is -1.67. The number of carbonyl (C=O) groups is 1. The van der Waals surface area contributed by atoms with E-state index in [1.807, 2.05) is 13.8 Å². The van der Waals surface area contributed by atoms with E-state index in [1.54, 1.807) is 0 Å². The highest BCUT2D eigenvalue weighted by molar-refractivity contribution is 7.93. The van der Waals surface area contributed by atoms with Crippen molar-refractivity contribution in [1.82, 2.24) is 0 Å². The maximum Gasteiger partial charge on any atom is 0.241 e. The molecule has 8 heteroatoms. The number of benzene rings is 1. The monoisotopic (exact) mass is 343 g/mol. The number of carbonyl (C=O) groups excluding carboxylic acids is 1. The molecule has 23 heavy (non-hydrogen) atoms. The molecule has 1 aliphatic heterocycles. The molecule has 1 heterocycles. The lowest BCUT2D eigenvalue weighted by atomic mass is 9.99. The lowest BCUT2D eigenvalue weighted by Gasteiger charge is -2.20. The molecule has 1 fully saturated rings. The average Bonchev–Trinajstić information content (AvgIpc) is 2.86. The van der Waals surface area contributed by atoms with Crippen LogP contribution in [0, 0.1) is 11.7 Å². The van der Waals surface area contributed by atoms with Crippen LogP contribution in [0.4, 0.5) is 15.8 Å². The van der Waals surface area contributed by atoms with Crippen LogP contribution in [0.15, 0.2) is 18.2 Å². The Morgan fingerprint density at radius 2 is 2.17 bits per heavy atom. The van der Waals surface area contributed by atoms with E-state index < -0.39 is 21.9 Å². The second-order valence-electron chi connectivity index (χ2n) is 5.81. The molecule has 1 aromatic carbocycles. The summed E-state index contributed by atoms with van der Waals surface area (Å²) in [5.74, 6) is -1.00. The molecule has 1 saturated heterocycles. The first-order valence-electron chi connectivity index (χ1n) is 7.62. The molecule has 0 aliphatic carbocycles. The van der Waals surface area contributed by atoms with Crippen molar-refractivity contribution in [2.45, 2.75) is 32.7 Å². The minimum absolute atomic E-state index is 0.00190. The van der Waals surface area contributed by atoms with Gasteiger partial charge in [0.25, 0.3) is 0 Å². The van der Waals surface area contributed by atoms with Gasteiger partial charge in [0.1, 0.15) is 5.82 Å². The summed E-state index contributed by atoms with van der Waals surface area (Å²) in [7, 11) is -3.49. The van der Waals surface area contributed by atoms with Gasteiger partial charge >= 0.3 is 0 Å². The molecule has 128 valence electrons. The van der Waals surface area contributed by atoms with Crippen LogP contribution >= 0.6 is 0 Å². The van der Waals surface area contributed by atoms with Crippen molar-refractivity contribution >= 4 is 27.3 Å². The van der Waals surface area contributed by atoms with Gasteiger partial charge in [0.2, 0.25) is 15.9 Å². The van der Waals surface area contributed by atoms with E-state index >= 15 is 0 Å². The molecular weight excluding hydrogens is 321 g/mol. The largest absolute Gasteiger partial charge is 0.325 e. The van der Waals surface area contributed by atoms with E-state index in [-0.39, 0.29) is 29.8 Å². The summed E-state index contributed by atoms with van der Waals surface area (Å²) in [5.41, 5.74) is 6.14. The van der Waals surface area contributed by atoms with Gasteiger partial charge in [-0.05, 0) is 30.5 Å². The Morgan fingerprint density at radius 1 is 1.48 bits per heavy atom. The quantitative estimate of drug-likeness (QED) is 0.851. The molecule has 1 aliphatic rings. The first kappa shape index (κ1) is 17.7. The topological polar surface area (TPSA) is 92.5 Å². The predicted molar refractivity (Wildman–Crippen MR) is 88.2 cm³/mol. The fourth-order valence-electron chi connectivity index (χ4n) is 2.43. The predicted octanol–water partition coefficient (Wildman–Crippen LogP) is 1.68. The fourth-order valence-corrected chi connectivity index (χ4v) is 3.99. The highest BCUT2D eigenvalue weighted by Gasteiger charge is 2.30. The number of anilines is 2. The number of halogens is 1. The normalized spacial score (nSPS) is 19.4. The highest BCUT2D eigenvalue weighted by atomic mass is 32.2. The molecule has 0 aromatic heterocycles. The summed E-state index contributed by atoms with van der Waals surface area (Å²) in [5, 5.41) is 2.62. The minimum Gasteiger partial charge on any atom is -0.325 e. The smallest absolute Gasteiger partial charge is 0.241 e. The summed E-state index contributed by atoms with van der Waals surface area (Å²) in [4.78, 5) is 12.1. The van der Waals surface area contributed by atoms with Gasteiger partial charge in [0.15, 0.2) is 0 Å². The average molecular weight is 343 g/mol. The van der Waals surface area contributed by atoms with Crippen LogP contribution in [0.5, 0.6) is 0 Å². The molecule has 2 atom stereocenters. The van der Waals surface area contributed by atoms with E-state index in [1.165, 1.54) is 12.1 Å². The lowest BCUT2D eigenvalue weighted by Crippen LogP contribution is -2.40. The van der Waals surface area contributed by atoms with Crippen LogP contribution in [0.25, 0.3) is 0 Å². The van der Waals surface area contributed by atoms with Crippen molar-refractivity contribution in [3.8, 4) is 0 Å². The van der Waals surface area contributed by atoms with Gasteiger partial charge in [0.05, 0.1) is 17.5 Å². The van der Waals surface area contributed by atoms with Crippen molar-refractivity contribution in [3.05, 3.63) is 24.0 Å². The Kier molecular flexibility index (Phi) is 5.26. The zero-order valence-electron chi connectivity index (χ0n) is 13.3. The van der Waals surface area contributed by atoms with Crippen LogP contribution in [0.2, 0.25) is 0 Å². The van der Waals surface area contributed by atoms with E-state index in [0.29, 0.717) is 12.1 Å². The second-order valence-corrected chi connectivity index (χ2v) is 7.82. The number of nitrogens with one attached hydrogen (secondary N) is 1. The van der Waals surface area contributed by atoms with Gasteiger partial charge in [-0.2, -0.15) is 0 Å². The number of sulfonamides is 1. The van der Waals surface area contributed by atoms with Crippen molar-refractivity contribution in [3.63, 3.8) is 0 Å². The first-order chi connectivity index (χ1) is 10.8. The van der Waals surface area contributed by atoms with Crippen molar-refractivity contribution in [2.24, 2.45) is 11.7 Å². The molecule has 0 radical (unpaired) electrons. The summed E-state index contributed by atoms with van der Waals surface area (Å²) >= 11 is 0. The van der Waals surface area contributed by atoms with Crippen LogP contribution in [-0.4, -0.2) is 32.7 Å². The number of nitrogens with zero attached hydrogens (tertiary/aromatic N) is 1. The molecule has 0 spiro atoms. The van der Waals surface area contributed by atoms with Crippen molar-refractivity contribution in [1.29, 1.82) is 0 Å².